The van der Waals surface area contributed by atoms with Crippen LogP contribution < -0.4 is 0 Å². The second-order valence-electron chi connectivity index (χ2n) is 8.17. The minimum absolute atomic E-state index is 0.0124. The number of morpholine rings is 1. The maximum Gasteiger partial charge on any atom is 0.264 e. The van der Waals surface area contributed by atoms with Gasteiger partial charge in [0, 0.05) is 26.2 Å². The smallest absolute Gasteiger partial charge is 0.264 e. The molecule has 144 valence electrons. The fourth-order valence-corrected chi connectivity index (χ4v) is 4.12. The molecule has 1 unspecified atom stereocenters. The highest BCUT2D eigenvalue weighted by atomic mass is 16.5. The average molecular weight is 367 g/mol. The number of carbonyl (C=O) groups is 1. The molecule has 1 fully saturated rings. The zero-order valence-electron chi connectivity index (χ0n) is 16.6. The van der Waals surface area contributed by atoms with Crippen LogP contribution in [-0.4, -0.2) is 55.1 Å². The number of nitriles is 1. The van der Waals surface area contributed by atoms with Crippen LogP contribution >= 0.6 is 0 Å². The molecule has 5 nitrogen and oxygen atoms in total. The number of hydrogen-bond acceptors (Lipinski definition) is 4. The largest absolute Gasteiger partial charge is 0.379 e. The van der Waals surface area contributed by atoms with E-state index in [2.05, 4.69) is 36.9 Å². The van der Waals surface area contributed by atoms with E-state index >= 15 is 0 Å². The maximum absolute atomic E-state index is 13.1. The van der Waals surface area contributed by atoms with Gasteiger partial charge >= 0.3 is 0 Å². The van der Waals surface area contributed by atoms with E-state index in [1.165, 1.54) is 11.1 Å². The van der Waals surface area contributed by atoms with Crippen LogP contribution in [0.1, 0.15) is 37.9 Å². The summed E-state index contributed by atoms with van der Waals surface area (Å²) in [5, 5.41) is 9.68. The fourth-order valence-electron chi connectivity index (χ4n) is 4.12. The van der Waals surface area contributed by atoms with Gasteiger partial charge in [-0.15, -0.1) is 0 Å². The molecule has 0 saturated carbocycles. The predicted octanol–water partition coefficient (Wildman–Crippen LogP) is 2.94. The van der Waals surface area contributed by atoms with E-state index in [1.807, 2.05) is 30.0 Å². The Morgan fingerprint density at radius 1 is 1.30 bits per heavy atom. The van der Waals surface area contributed by atoms with Gasteiger partial charge in [-0.25, -0.2) is 0 Å². The van der Waals surface area contributed by atoms with Gasteiger partial charge in [-0.2, -0.15) is 5.26 Å². The van der Waals surface area contributed by atoms with Gasteiger partial charge in [-0.1, -0.05) is 44.2 Å². The van der Waals surface area contributed by atoms with Crippen molar-refractivity contribution in [3.05, 3.63) is 47.0 Å². The molecule has 0 aliphatic carbocycles. The lowest BCUT2D eigenvalue weighted by molar-refractivity contribution is -0.129. The summed E-state index contributed by atoms with van der Waals surface area (Å²) in [6.45, 7) is 11.0. The van der Waals surface area contributed by atoms with Crippen molar-refractivity contribution in [2.45, 2.75) is 33.2 Å². The summed E-state index contributed by atoms with van der Waals surface area (Å²) in [4.78, 5) is 17.3. The molecule has 2 aliphatic rings. The summed E-state index contributed by atoms with van der Waals surface area (Å²) in [5.74, 6) is -0.158. The van der Waals surface area contributed by atoms with Crippen LogP contribution in [0.5, 0.6) is 0 Å². The molecule has 27 heavy (non-hydrogen) atoms. The topological polar surface area (TPSA) is 56.6 Å². The Morgan fingerprint density at radius 2 is 2.00 bits per heavy atom. The highest BCUT2D eigenvalue weighted by Crippen LogP contribution is 2.31. The van der Waals surface area contributed by atoms with Crippen molar-refractivity contribution < 1.29 is 9.53 Å². The van der Waals surface area contributed by atoms with Crippen molar-refractivity contribution in [3.63, 3.8) is 0 Å². The van der Waals surface area contributed by atoms with E-state index in [0.29, 0.717) is 6.54 Å². The summed E-state index contributed by atoms with van der Waals surface area (Å²) in [6, 6.07) is 10.4. The highest BCUT2D eigenvalue weighted by molar-refractivity contribution is 5.97. The highest BCUT2D eigenvalue weighted by Gasteiger charge is 2.31. The van der Waals surface area contributed by atoms with Crippen molar-refractivity contribution in [3.8, 4) is 6.07 Å². The number of nitrogens with zero attached hydrogens (tertiary/aromatic N) is 3. The number of ether oxygens (including phenoxy) is 1. The van der Waals surface area contributed by atoms with E-state index in [4.69, 9.17) is 4.74 Å². The van der Waals surface area contributed by atoms with Gasteiger partial charge in [0.1, 0.15) is 11.6 Å². The number of rotatable bonds is 4. The van der Waals surface area contributed by atoms with Crippen molar-refractivity contribution in [1.82, 2.24) is 9.80 Å². The Morgan fingerprint density at radius 3 is 2.70 bits per heavy atom. The predicted molar refractivity (Wildman–Crippen MR) is 105 cm³/mol. The molecule has 0 spiro atoms. The summed E-state index contributed by atoms with van der Waals surface area (Å²) >= 11 is 0. The first-order valence-electron chi connectivity index (χ1n) is 9.73. The Bertz CT molecular complexity index is 757. The molecule has 1 saturated heterocycles. The van der Waals surface area contributed by atoms with Gasteiger partial charge in [-0.3, -0.25) is 9.69 Å². The lowest BCUT2D eigenvalue weighted by atomic mass is 9.88. The number of carbonyl (C=O) groups excluding carboxylic acids is 1. The van der Waals surface area contributed by atoms with Crippen LogP contribution in [0.3, 0.4) is 0 Å². The third kappa shape index (κ3) is 4.58. The Labute approximate surface area is 162 Å². The summed E-state index contributed by atoms with van der Waals surface area (Å²) in [7, 11) is 0. The molecule has 1 aromatic carbocycles. The number of amides is 1. The van der Waals surface area contributed by atoms with Gasteiger partial charge in [0.25, 0.3) is 5.91 Å². The first kappa shape index (κ1) is 19.6. The summed E-state index contributed by atoms with van der Waals surface area (Å²) < 4.78 is 5.40. The van der Waals surface area contributed by atoms with Gasteiger partial charge in [0.15, 0.2) is 0 Å². The fraction of sp³-hybridized carbons (Fsp3) is 0.545. The molecule has 0 aromatic heterocycles. The minimum Gasteiger partial charge on any atom is -0.379 e. The van der Waals surface area contributed by atoms with E-state index in [9.17, 15) is 10.1 Å². The zero-order valence-corrected chi connectivity index (χ0v) is 16.6. The van der Waals surface area contributed by atoms with Crippen molar-refractivity contribution in [2.24, 2.45) is 5.41 Å². The SMILES string of the molecule is CC1c2ccccc2CCN1C(=O)/C(C#N)=C/C(C)(C)CN1CCOCC1. The Balaban J connectivity index is 1.75. The molecule has 3 rings (SSSR count). The van der Waals surface area contributed by atoms with E-state index in [1.54, 1.807) is 0 Å². The second-order valence-corrected chi connectivity index (χ2v) is 8.17. The van der Waals surface area contributed by atoms with Crippen molar-refractivity contribution in [2.75, 3.05) is 39.4 Å². The molecule has 1 amide bonds. The maximum atomic E-state index is 13.1. The third-order valence-electron chi connectivity index (χ3n) is 5.48. The Hall–Kier alpha value is -2.16. The molecule has 1 aromatic rings. The molecule has 0 bridgehead atoms. The molecule has 0 N–H and O–H groups in total. The summed E-state index contributed by atoms with van der Waals surface area (Å²) in [6.07, 6.45) is 2.69. The van der Waals surface area contributed by atoms with Crippen LogP contribution in [0, 0.1) is 16.7 Å². The van der Waals surface area contributed by atoms with E-state index in [-0.39, 0.29) is 22.9 Å². The average Bonchev–Trinajstić information content (AvgIpc) is 2.66. The van der Waals surface area contributed by atoms with Crippen LogP contribution in [0.4, 0.5) is 0 Å². The van der Waals surface area contributed by atoms with E-state index in [0.717, 1.165) is 39.3 Å². The minimum atomic E-state index is -0.255. The quantitative estimate of drug-likeness (QED) is 0.606. The van der Waals surface area contributed by atoms with Crippen LogP contribution in [-0.2, 0) is 16.0 Å². The number of fused-ring (bicyclic) bond motifs is 1. The molecule has 0 radical (unpaired) electrons. The number of hydrogen-bond donors (Lipinski definition) is 0. The lowest BCUT2D eigenvalue weighted by Crippen LogP contribution is -2.42. The Kier molecular flexibility index (Phi) is 5.98. The van der Waals surface area contributed by atoms with Gasteiger partial charge < -0.3 is 9.64 Å². The lowest BCUT2D eigenvalue weighted by Gasteiger charge is -2.36. The first-order valence-corrected chi connectivity index (χ1v) is 9.73. The van der Waals surface area contributed by atoms with Crippen LogP contribution in [0.25, 0.3) is 0 Å². The summed E-state index contributed by atoms with van der Waals surface area (Å²) in [5.41, 5.74) is 2.47. The van der Waals surface area contributed by atoms with Gasteiger partial charge in [-0.05, 0) is 29.9 Å². The standard InChI is InChI=1S/C22H29N3O2/c1-17-20-7-5-4-6-18(20)8-9-25(17)21(26)19(15-23)14-22(2,3)16-24-10-12-27-13-11-24/h4-7,14,17H,8-13,16H2,1-3H3/b19-14+. The van der Waals surface area contributed by atoms with Gasteiger partial charge in [0.05, 0.1) is 19.3 Å². The number of benzene rings is 1. The van der Waals surface area contributed by atoms with Crippen LogP contribution in [0.15, 0.2) is 35.9 Å². The van der Waals surface area contributed by atoms with E-state index < -0.39 is 0 Å². The molecule has 1 atom stereocenters. The third-order valence-corrected chi connectivity index (χ3v) is 5.48. The molecular formula is C22H29N3O2. The van der Waals surface area contributed by atoms with Crippen molar-refractivity contribution >= 4 is 5.91 Å². The molecule has 5 heteroatoms. The first-order chi connectivity index (χ1) is 12.9. The molecule has 2 aliphatic heterocycles. The molecule has 2 heterocycles. The van der Waals surface area contributed by atoms with Gasteiger partial charge in [0.2, 0.25) is 0 Å². The second kappa shape index (κ2) is 8.24. The normalized spacial score (nSPS) is 21.5. The zero-order chi connectivity index (χ0) is 19.4. The monoisotopic (exact) mass is 367 g/mol. The van der Waals surface area contributed by atoms with Crippen molar-refractivity contribution in [1.29, 1.82) is 5.26 Å². The van der Waals surface area contributed by atoms with Crippen LogP contribution in [0.2, 0.25) is 0 Å². The molecular weight excluding hydrogens is 338 g/mol.